The van der Waals surface area contributed by atoms with Gasteiger partial charge in [0, 0.05) is 35.4 Å². The summed E-state index contributed by atoms with van der Waals surface area (Å²) in [4.78, 5) is 21.9. The van der Waals surface area contributed by atoms with Gasteiger partial charge in [-0.25, -0.2) is 9.37 Å². The van der Waals surface area contributed by atoms with Crippen molar-refractivity contribution in [2.24, 2.45) is 0 Å². The summed E-state index contributed by atoms with van der Waals surface area (Å²) in [5.74, 6) is -0.578. The number of fused-ring (bicyclic) bond motifs is 2. The van der Waals surface area contributed by atoms with Gasteiger partial charge in [-0.15, -0.1) is 0 Å². The van der Waals surface area contributed by atoms with Gasteiger partial charge in [-0.1, -0.05) is 24.3 Å². The number of anilines is 1. The third-order valence-electron chi connectivity index (χ3n) is 4.98. The van der Waals surface area contributed by atoms with Crippen molar-refractivity contribution in [2.45, 2.75) is 6.54 Å². The van der Waals surface area contributed by atoms with Crippen molar-refractivity contribution >= 4 is 33.5 Å². The Morgan fingerprint density at radius 3 is 2.60 bits per heavy atom. The highest BCUT2D eigenvalue weighted by Crippen LogP contribution is 2.22. The fourth-order valence-electron chi connectivity index (χ4n) is 3.59. The SMILES string of the molecule is O=C(Nc1ccc2cccnc2c1)c1cc2cccnc2n1Cc1cccc(F)c1. The lowest BCUT2D eigenvalue weighted by Crippen LogP contribution is -2.17. The zero-order chi connectivity index (χ0) is 20.5. The van der Waals surface area contributed by atoms with Gasteiger partial charge in [0.2, 0.25) is 0 Å². The molecule has 3 aromatic heterocycles. The fraction of sp³-hybridized carbons (Fsp3) is 0.0417. The van der Waals surface area contributed by atoms with Crippen LogP contribution in [0.1, 0.15) is 16.1 Å². The van der Waals surface area contributed by atoms with Crippen molar-refractivity contribution in [1.82, 2.24) is 14.5 Å². The highest BCUT2D eigenvalue weighted by Gasteiger charge is 2.17. The van der Waals surface area contributed by atoms with Crippen LogP contribution in [0.5, 0.6) is 0 Å². The number of carbonyl (C=O) groups excluding carboxylic acids is 1. The molecule has 5 rings (SSSR count). The highest BCUT2D eigenvalue weighted by atomic mass is 19.1. The van der Waals surface area contributed by atoms with Gasteiger partial charge >= 0.3 is 0 Å². The van der Waals surface area contributed by atoms with Gasteiger partial charge in [0.1, 0.15) is 17.2 Å². The molecule has 1 N–H and O–H groups in total. The number of amides is 1. The average molecular weight is 396 g/mol. The Kier molecular flexibility index (Phi) is 4.44. The number of halogens is 1. The smallest absolute Gasteiger partial charge is 0.272 e. The summed E-state index contributed by atoms with van der Waals surface area (Å²) >= 11 is 0. The minimum atomic E-state index is -0.313. The van der Waals surface area contributed by atoms with Crippen LogP contribution >= 0.6 is 0 Å². The summed E-state index contributed by atoms with van der Waals surface area (Å²) in [6, 6.07) is 21.3. The predicted molar refractivity (Wildman–Crippen MR) is 115 cm³/mol. The lowest BCUT2D eigenvalue weighted by Gasteiger charge is -2.11. The molecule has 1 amide bonds. The molecule has 0 saturated heterocycles. The van der Waals surface area contributed by atoms with Crippen molar-refractivity contribution in [3.63, 3.8) is 0 Å². The number of nitrogens with zero attached hydrogens (tertiary/aromatic N) is 3. The minimum absolute atomic E-state index is 0.264. The third kappa shape index (κ3) is 3.39. The van der Waals surface area contributed by atoms with Crippen LogP contribution in [0.15, 0.2) is 85.2 Å². The van der Waals surface area contributed by atoms with Crippen LogP contribution in [0, 0.1) is 5.82 Å². The third-order valence-corrected chi connectivity index (χ3v) is 4.98. The first-order valence-corrected chi connectivity index (χ1v) is 9.52. The monoisotopic (exact) mass is 396 g/mol. The number of hydrogen-bond donors (Lipinski definition) is 1. The van der Waals surface area contributed by atoms with E-state index in [1.807, 2.05) is 48.5 Å². The summed E-state index contributed by atoms with van der Waals surface area (Å²) in [6.45, 7) is 0.334. The number of carbonyl (C=O) groups is 1. The molecule has 146 valence electrons. The molecule has 0 aliphatic carbocycles. The van der Waals surface area contributed by atoms with Crippen molar-refractivity contribution in [2.75, 3.05) is 5.32 Å². The van der Waals surface area contributed by atoms with Gasteiger partial charge in [-0.05, 0) is 54.1 Å². The lowest BCUT2D eigenvalue weighted by atomic mass is 10.2. The van der Waals surface area contributed by atoms with Crippen molar-refractivity contribution in [1.29, 1.82) is 0 Å². The topological polar surface area (TPSA) is 59.8 Å². The van der Waals surface area contributed by atoms with Gasteiger partial charge in [0.05, 0.1) is 5.52 Å². The van der Waals surface area contributed by atoms with Crippen molar-refractivity contribution in [3.8, 4) is 0 Å². The Balaban J connectivity index is 1.53. The molecule has 6 heteroatoms. The molecule has 0 unspecified atom stereocenters. The second-order valence-electron chi connectivity index (χ2n) is 7.03. The number of nitrogens with one attached hydrogen (secondary N) is 1. The van der Waals surface area contributed by atoms with Crippen molar-refractivity contribution < 1.29 is 9.18 Å². The van der Waals surface area contributed by atoms with Gasteiger partial charge in [0.25, 0.3) is 5.91 Å². The van der Waals surface area contributed by atoms with E-state index in [1.54, 1.807) is 29.1 Å². The largest absolute Gasteiger partial charge is 0.321 e. The average Bonchev–Trinajstić information content (AvgIpc) is 3.12. The van der Waals surface area contributed by atoms with Gasteiger partial charge in [-0.3, -0.25) is 9.78 Å². The maximum atomic E-state index is 13.7. The zero-order valence-electron chi connectivity index (χ0n) is 15.9. The van der Waals surface area contributed by atoms with E-state index in [-0.39, 0.29) is 11.7 Å². The Labute approximate surface area is 171 Å². The van der Waals surface area contributed by atoms with Crippen molar-refractivity contribution in [3.05, 3.63) is 102 Å². The van der Waals surface area contributed by atoms with E-state index in [4.69, 9.17) is 0 Å². The van der Waals surface area contributed by atoms with Gasteiger partial charge in [-0.2, -0.15) is 0 Å². The number of pyridine rings is 2. The Morgan fingerprint density at radius 1 is 0.900 bits per heavy atom. The van der Waals surface area contributed by atoms with E-state index in [2.05, 4.69) is 15.3 Å². The fourth-order valence-corrected chi connectivity index (χ4v) is 3.59. The van der Waals surface area contributed by atoms with Gasteiger partial charge < -0.3 is 9.88 Å². The first-order valence-electron chi connectivity index (χ1n) is 9.52. The quantitative estimate of drug-likeness (QED) is 0.464. The molecule has 0 bridgehead atoms. The number of benzene rings is 2. The van der Waals surface area contributed by atoms with Crippen LogP contribution in [0.2, 0.25) is 0 Å². The Bertz CT molecular complexity index is 1390. The molecule has 2 aromatic carbocycles. The molecule has 0 fully saturated rings. The second-order valence-corrected chi connectivity index (χ2v) is 7.03. The number of rotatable bonds is 4. The molecule has 0 atom stereocenters. The van der Waals surface area contributed by atoms with Gasteiger partial charge in [0.15, 0.2) is 0 Å². The molecule has 5 aromatic rings. The molecular weight excluding hydrogens is 379 g/mol. The minimum Gasteiger partial charge on any atom is -0.321 e. The van der Waals surface area contributed by atoms with Crippen LogP contribution in [0.3, 0.4) is 0 Å². The maximum Gasteiger partial charge on any atom is 0.272 e. The molecule has 0 saturated carbocycles. The summed E-state index contributed by atoms with van der Waals surface area (Å²) in [5, 5.41) is 4.79. The summed E-state index contributed by atoms with van der Waals surface area (Å²) in [7, 11) is 0. The first kappa shape index (κ1) is 18.0. The number of hydrogen-bond acceptors (Lipinski definition) is 3. The predicted octanol–water partition coefficient (Wildman–Crippen LogP) is 5.02. The molecular formula is C24H17FN4O. The normalized spacial score (nSPS) is 11.1. The Hall–Kier alpha value is -4.06. The molecule has 0 aliphatic rings. The summed E-state index contributed by atoms with van der Waals surface area (Å²) < 4.78 is 15.5. The van der Waals surface area contributed by atoms with E-state index >= 15 is 0 Å². The molecule has 3 heterocycles. The zero-order valence-corrected chi connectivity index (χ0v) is 15.9. The van der Waals surface area contributed by atoms with Crippen LogP contribution in [0.4, 0.5) is 10.1 Å². The van der Waals surface area contributed by atoms with E-state index in [0.29, 0.717) is 23.6 Å². The summed E-state index contributed by atoms with van der Waals surface area (Å²) in [5.41, 5.74) is 3.34. The van der Waals surface area contributed by atoms with Crippen LogP contribution in [0.25, 0.3) is 21.9 Å². The van der Waals surface area contributed by atoms with E-state index in [9.17, 15) is 9.18 Å². The standard InChI is InChI=1S/C24H17FN4O/c25-19-7-1-4-16(12-19)15-29-22(13-18-6-3-11-27-23(18)29)24(30)28-20-9-8-17-5-2-10-26-21(17)14-20/h1-14H,15H2,(H,28,30). The number of aromatic nitrogens is 3. The van der Waals surface area contributed by atoms with E-state index in [1.165, 1.54) is 12.1 Å². The molecule has 0 spiro atoms. The van der Waals surface area contributed by atoms with Crippen LogP contribution in [-0.2, 0) is 6.54 Å². The Morgan fingerprint density at radius 2 is 1.73 bits per heavy atom. The maximum absolute atomic E-state index is 13.7. The molecule has 5 nitrogen and oxygen atoms in total. The molecule has 0 aliphatic heterocycles. The van der Waals surface area contributed by atoms with E-state index < -0.39 is 0 Å². The first-order chi connectivity index (χ1) is 14.7. The van der Waals surface area contributed by atoms with Crippen LogP contribution in [-0.4, -0.2) is 20.4 Å². The molecule has 30 heavy (non-hydrogen) atoms. The summed E-state index contributed by atoms with van der Waals surface area (Å²) in [6.07, 6.45) is 3.40. The molecule has 0 radical (unpaired) electrons. The lowest BCUT2D eigenvalue weighted by molar-refractivity contribution is 0.101. The van der Waals surface area contributed by atoms with E-state index in [0.717, 1.165) is 21.9 Å². The highest BCUT2D eigenvalue weighted by molar-refractivity contribution is 6.06. The van der Waals surface area contributed by atoms with Crippen LogP contribution < -0.4 is 5.32 Å². The second kappa shape index (κ2) is 7.40.